The van der Waals surface area contributed by atoms with Crippen molar-refractivity contribution in [1.29, 1.82) is 0 Å². The topological polar surface area (TPSA) is 45.7 Å². The van der Waals surface area contributed by atoms with Gasteiger partial charge in [-0.2, -0.15) is 4.39 Å². The molecule has 6 heteroatoms. The molecule has 0 bridgehead atoms. The lowest BCUT2D eigenvalue weighted by atomic mass is 10.3. The van der Waals surface area contributed by atoms with Crippen molar-refractivity contribution in [3.63, 3.8) is 0 Å². The average molecular weight is 253 g/mol. The molecule has 1 saturated heterocycles. The van der Waals surface area contributed by atoms with Gasteiger partial charge in [0.05, 0.1) is 6.61 Å². The second kappa shape index (κ2) is 5.66. The molecule has 2 rings (SSSR count). The van der Waals surface area contributed by atoms with Crippen LogP contribution in [0.1, 0.15) is 6.92 Å². The number of anilines is 1. The van der Waals surface area contributed by atoms with Crippen molar-refractivity contribution in [2.24, 2.45) is 0 Å². The number of amides is 1. The van der Waals surface area contributed by atoms with Gasteiger partial charge in [0.2, 0.25) is 5.95 Å². The molecule has 1 aromatic rings. The fourth-order valence-corrected chi connectivity index (χ4v) is 1.95. The maximum Gasteiger partial charge on any atom is 0.409 e. The normalized spacial score (nSPS) is 15.7. The van der Waals surface area contributed by atoms with E-state index >= 15 is 0 Å². The lowest BCUT2D eigenvalue weighted by Crippen LogP contribution is -2.49. The summed E-state index contributed by atoms with van der Waals surface area (Å²) < 4.78 is 17.9. The maximum atomic E-state index is 13.0. The van der Waals surface area contributed by atoms with E-state index in [1.165, 1.54) is 12.3 Å². The van der Waals surface area contributed by atoms with Crippen molar-refractivity contribution in [2.75, 3.05) is 37.7 Å². The van der Waals surface area contributed by atoms with Gasteiger partial charge in [-0.05, 0) is 13.0 Å². The van der Waals surface area contributed by atoms with E-state index in [4.69, 9.17) is 4.74 Å². The number of rotatable bonds is 2. The summed E-state index contributed by atoms with van der Waals surface area (Å²) in [6.07, 6.45) is 1.17. The van der Waals surface area contributed by atoms with Gasteiger partial charge in [0.15, 0.2) is 0 Å². The number of nitrogens with zero attached hydrogens (tertiary/aromatic N) is 3. The molecule has 0 aromatic carbocycles. The Kier molecular flexibility index (Phi) is 3.96. The van der Waals surface area contributed by atoms with Gasteiger partial charge in [0, 0.05) is 44.1 Å². The Morgan fingerprint density at radius 3 is 2.78 bits per heavy atom. The van der Waals surface area contributed by atoms with E-state index < -0.39 is 5.95 Å². The third-order valence-corrected chi connectivity index (χ3v) is 2.88. The van der Waals surface area contributed by atoms with Crippen molar-refractivity contribution < 1.29 is 13.9 Å². The van der Waals surface area contributed by atoms with E-state index in [9.17, 15) is 9.18 Å². The molecule has 5 nitrogen and oxygen atoms in total. The summed E-state index contributed by atoms with van der Waals surface area (Å²) in [5, 5.41) is 0. The number of pyridine rings is 1. The van der Waals surface area contributed by atoms with Crippen LogP contribution < -0.4 is 4.90 Å². The van der Waals surface area contributed by atoms with Crippen molar-refractivity contribution in [3.8, 4) is 0 Å². The molecule has 98 valence electrons. The van der Waals surface area contributed by atoms with E-state index in [2.05, 4.69) is 4.98 Å². The summed E-state index contributed by atoms with van der Waals surface area (Å²) in [5.41, 5.74) is 0.797. The summed E-state index contributed by atoms with van der Waals surface area (Å²) in [6.45, 7) is 4.68. The summed E-state index contributed by atoms with van der Waals surface area (Å²) in [5.74, 6) is -0.486. The highest BCUT2D eigenvalue weighted by Crippen LogP contribution is 2.16. The van der Waals surface area contributed by atoms with Gasteiger partial charge < -0.3 is 14.5 Å². The van der Waals surface area contributed by atoms with E-state index in [0.717, 1.165) is 5.69 Å². The fourth-order valence-electron chi connectivity index (χ4n) is 1.95. The Balaban J connectivity index is 1.92. The third-order valence-electron chi connectivity index (χ3n) is 2.88. The fraction of sp³-hybridized carbons (Fsp3) is 0.500. The zero-order chi connectivity index (χ0) is 13.0. The Morgan fingerprint density at radius 2 is 2.17 bits per heavy atom. The molecule has 1 aliphatic rings. The van der Waals surface area contributed by atoms with Gasteiger partial charge in [-0.25, -0.2) is 9.78 Å². The molecule has 1 amide bonds. The van der Waals surface area contributed by atoms with Crippen LogP contribution in [0.4, 0.5) is 14.9 Å². The summed E-state index contributed by atoms with van der Waals surface area (Å²) >= 11 is 0. The molecule has 0 unspecified atom stereocenters. The smallest absolute Gasteiger partial charge is 0.409 e. The maximum absolute atomic E-state index is 13.0. The predicted octanol–water partition coefficient (Wildman–Crippen LogP) is 1.50. The molecule has 1 aromatic heterocycles. The number of halogens is 1. The van der Waals surface area contributed by atoms with Crippen LogP contribution in [-0.2, 0) is 4.74 Å². The van der Waals surface area contributed by atoms with Crippen molar-refractivity contribution in [1.82, 2.24) is 9.88 Å². The minimum absolute atomic E-state index is 0.280. The van der Waals surface area contributed by atoms with Crippen LogP contribution in [0.5, 0.6) is 0 Å². The van der Waals surface area contributed by atoms with Gasteiger partial charge in [-0.15, -0.1) is 0 Å². The first-order valence-corrected chi connectivity index (χ1v) is 5.99. The Labute approximate surface area is 105 Å². The number of hydrogen-bond donors (Lipinski definition) is 0. The van der Waals surface area contributed by atoms with Gasteiger partial charge in [-0.1, -0.05) is 0 Å². The number of carbonyl (C=O) groups excluding carboxylic acids is 1. The van der Waals surface area contributed by atoms with E-state index in [1.807, 2.05) is 4.90 Å². The average Bonchev–Trinajstić information content (AvgIpc) is 2.39. The highest BCUT2D eigenvalue weighted by atomic mass is 19.1. The largest absolute Gasteiger partial charge is 0.450 e. The molecule has 18 heavy (non-hydrogen) atoms. The van der Waals surface area contributed by atoms with E-state index in [-0.39, 0.29) is 6.09 Å². The second-order valence-electron chi connectivity index (χ2n) is 4.01. The number of carbonyl (C=O) groups is 1. The predicted molar refractivity (Wildman–Crippen MR) is 65.0 cm³/mol. The molecule has 1 fully saturated rings. The number of aromatic nitrogens is 1. The Bertz CT molecular complexity index is 420. The first kappa shape index (κ1) is 12.6. The molecule has 2 heterocycles. The summed E-state index contributed by atoms with van der Waals surface area (Å²) in [7, 11) is 0. The molecule has 0 radical (unpaired) electrons. The highest BCUT2D eigenvalue weighted by molar-refractivity contribution is 5.68. The standard InChI is InChI=1S/C12H16FN3O2/c1-2-18-12(17)16-7-5-15(6-8-16)10-3-4-14-11(13)9-10/h3-4,9H,2,5-8H2,1H3. The van der Waals surface area contributed by atoms with Crippen LogP contribution in [0.15, 0.2) is 18.3 Å². The van der Waals surface area contributed by atoms with Crippen LogP contribution in [0.2, 0.25) is 0 Å². The Morgan fingerprint density at radius 1 is 1.44 bits per heavy atom. The molecule has 1 aliphatic heterocycles. The molecule has 0 spiro atoms. The first-order chi connectivity index (χ1) is 8.70. The molecular weight excluding hydrogens is 237 g/mol. The molecule has 0 atom stereocenters. The van der Waals surface area contributed by atoms with Crippen LogP contribution in [0, 0.1) is 5.95 Å². The highest BCUT2D eigenvalue weighted by Gasteiger charge is 2.22. The minimum atomic E-state index is -0.486. The SMILES string of the molecule is CCOC(=O)N1CCN(c2ccnc(F)c2)CC1. The Hall–Kier alpha value is -1.85. The first-order valence-electron chi connectivity index (χ1n) is 5.99. The van der Waals surface area contributed by atoms with Crippen molar-refractivity contribution in [2.45, 2.75) is 6.92 Å². The van der Waals surface area contributed by atoms with Gasteiger partial charge in [0.1, 0.15) is 0 Å². The molecule has 0 aliphatic carbocycles. The van der Waals surface area contributed by atoms with E-state index in [1.54, 1.807) is 17.9 Å². The number of piperazine rings is 1. The van der Waals surface area contributed by atoms with Gasteiger partial charge >= 0.3 is 6.09 Å². The zero-order valence-corrected chi connectivity index (χ0v) is 10.3. The van der Waals surface area contributed by atoms with Crippen molar-refractivity contribution >= 4 is 11.8 Å². The van der Waals surface area contributed by atoms with E-state index in [0.29, 0.717) is 32.8 Å². The quantitative estimate of drug-likeness (QED) is 0.749. The lowest BCUT2D eigenvalue weighted by Gasteiger charge is -2.35. The van der Waals surface area contributed by atoms with Crippen LogP contribution in [0.3, 0.4) is 0 Å². The summed E-state index contributed by atoms with van der Waals surface area (Å²) in [6, 6.07) is 3.17. The third kappa shape index (κ3) is 2.88. The lowest BCUT2D eigenvalue weighted by molar-refractivity contribution is 0.105. The summed E-state index contributed by atoms with van der Waals surface area (Å²) in [4.78, 5) is 18.7. The van der Waals surface area contributed by atoms with Crippen molar-refractivity contribution in [3.05, 3.63) is 24.3 Å². The van der Waals surface area contributed by atoms with Gasteiger partial charge in [-0.3, -0.25) is 0 Å². The monoisotopic (exact) mass is 253 g/mol. The molecule has 0 saturated carbocycles. The van der Waals surface area contributed by atoms with Crippen LogP contribution in [0.25, 0.3) is 0 Å². The second-order valence-corrected chi connectivity index (χ2v) is 4.01. The zero-order valence-electron chi connectivity index (χ0n) is 10.3. The van der Waals surface area contributed by atoms with Crippen LogP contribution in [-0.4, -0.2) is 48.8 Å². The van der Waals surface area contributed by atoms with Gasteiger partial charge in [0.25, 0.3) is 0 Å². The van der Waals surface area contributed by atoms with Crippen LogP contribution >= 0.6 is 0 Å². The molecule has 0 N–H and O–H groups in total. The number of hydrogen-bond acceptors (Lipinski definition) is 4. The molecular formula is C12H16FN3O2. The minimum Gasteiger partial charge on any atom is -0.450 e. The number of ether oxygens (including phenoxy) is 1.